The Kier molecular flexibility index (Phi) is 4.66. The number of hydrogen-bond donors (Lipinski definition) is 1. The summed E-state index contributed by atoms with van der Waals surface area (Å²) in [4.78, 5) is 22.7. The first-order valence-electron chi connectivity index (χ1n) is 7.26. The molecule has 126 valence electrons. The first-order valence-corrected chi connectivity index (χ1v) is 7.26. The van der Waals surface area contributed by atoms with Gasteiger partial charge in [-0.25, -0.2) is 4.79 Å². The molecule has 26 heavy (non-hydrogen) atoms. The monoisotopic (exact) mass is 364 g/mol. The molecule has 0 bridgehead atoms. The minimum atomic E-state index is -1.28. The molecule has 3 aromatic rings. The Morgan fingerprint density at radius 2 is 2.00 bits per heavy atom. The summed E-state index contributed by atoms with van der Waals surface area (Å²) in [5.41, 5.74) is -0.543. The third kappa shape index (κ3) is 2.54. The molecule has 9 heteroatoms. The van der Waals surface area contributed by atoms with E-state index in [0.29, 0.717) is 27.7 Å². The molecule has 0 saturated carbocycles. The number of carboxylic acids is 1. The van der Waals surface area contributed by atoms with E-state index in [9.17, 15) is 20.0 Å². The Balaban J connectivity index is 0.00000196. The van der Waals surface area contributed by atoms with Gasteiger partial charge in [-0.15, -0.1) is 0 Å². The van der Waals surface area contributed by atoms with Crippen molar-refractivity contribution in [3.63, 3.8) is 0 Å². The largest absolute Gasteiger partial charge is 1.00 e. The molecule has 3 aromatic carbocycles. The van der Waals surface area contributed by atoms with Gasteiger partial charge >= 0.3 is 35.5 Å². The summed E-state index contributed by atoms with van der Waals surface area (Å²) in [6.07, 6.45) is 0. The van der Waals surface area contributed by atoms with Crippen LogP contribution < -0.4 is 43.8 Å². The number of hydrogen-bond acceptors (Lipinski definition) is 6. The minimum Gasteiger partial charge on any atom is -0.496 e. The Labute approximate surface area is 168 Å². The standard InChI is InChI=1S/C17H11NO7.Na/c1-23-12-4-2-3-8-9(12)5-11(18(21)22)14-10(17(19)20)6-13-16(15(8)14)25-7-24-13;/h2-6H,7H2,1H3,(H,19,20);/q;+1. The summed E-state index contributed by atoms with van der Waals surface area (Å²) in [7, 11) is 1.46. The Hall–Kier alpha value is -2.55. The van der Waals surface area contributed by atoms with Crippen LogP contribution in [-0.2, 0) is 0 Å². The molecule has 0 spiro atoms. The summed E-state index contributed by atoms with van der Waals surface area (Å²) in [5, 5.41) is 22.6. The molecule has 0 atom stereocenters. The van der Waals surface area contributed by atoms with E-state index in [1.807, 2.05) is 0 Å². The molecule has 0 unspecified atom stereocenters. The predicted octanol–water partition coefficient (Wildman–Crippen LogP) is 0.341. The first kappa shape index (κ1) is 18.2. The van der Waals surface area contributed by atoms with Crippen LogP contribution in [0.15, 0.2) is 30.3 Å². The fraction of sp³-hybridized carbons (Fsp3) is 0.118. The van der Waals surface area contributed by atoms with Crippen LogP contribution in [0.5, 0.6) is 17.2 Å². The van der Waals surface area contributed by atoms with Crippen molar-refractivity contribution in [1.82, 2.24) is 0 Å². The zero-order chi connectivity index (χ0) is 17.7. The molecule has 1 heterocycles. The van der Waals surface area contributed by atoms with Crippen LogP contribution in [0, 0.1) is 10.1 Å². The normalized spacial score (nSPS) is 12.0. The van der Waals surface area contributed by atoms with Crippen molar-refractivity contribution in [2.24, 2.45) is 0 Å². The smallest absolute Gasteiger partial charge is 0.496 e. The van der Waals surface area contributed by atoms with Crippen LogP contribution >= 0.6 is 0 Å². The first-order chi connectivity index (χ1) is 12.0. The van der Waals surface area contributed by atoms with Gasteiger partial charge in [0.05, 0.1) is 23.0 Å². The predicted molar refractivity (Wildman–Crippen MR) is 87.7 cm³/mol. The van der Waals surface area contributed by atoms with Gasteiger partial charge in [-0.1, -0.05) is 12.1 Å². The Bertz CT molecular complexity index is 1080. The molecule has 1 N–H and O–H groups in total. The quantitative estimate of drug-likeness (QED) is 0.309. The Morgan fingerprint density at radius 1 is 1.23 bits per heavy atom. The molecular weight excluding hydrogens is 353 g/mol. The van der Waals surface area contributed by atoms with E-state index in [0.717, 1.165) is 0 Å². The maximum Gasteiger partial charge on any atom is 1.00 e. The van der Waals surface area contributed by atoms with Crippen molar-refractivity contribution in [3.8, 4) is 17.2 Å². The Morgan fingerprint density at radius 3 is 2.65 bits per heavy atom. The molecule has 0 aliphatic carbocycles. The molecule has 1 aliphatic heterocycles. The molecule has 4 rings (SSSR count). The molecule has 0 fully saturated rings. The summed E-state index contributed by atoms with van der Waals surface area (Å²) in [6, 6.07) is 7.72. The summed E-state index contributed by atoms with van der Waals surface area (Å²) in [6.45, 7) is -0.0817. The van der Waals surface area contributed by atoms with Gasteiger partial charge in [-0.2, -0.15) is 0 Å². The number of fused-ring (bicyclic) bond motifs is 5. The van der Waals surface area contributed by atoms with Crippen LogP contribution in [0.4, 0.5) is 5.69 Å². The summed E-state index contributed by atoms with van der Waals surface area (Å²) < 4.78 is 16.1. The topological polar surface area (TPSA) is 108 Å². The fourth-order valence-electron chi connectivity index (χ4n) is 3.18. The third-order valence-electron chi connectivity index (χ3n) is 4.18. The van der Waals surface area contributed by atoms with Gasteiger partial charge < -0.3 is 19.3 Å². The van der Waals surface area contributed by atoms with Crippen molar-refractivity contribution in [2.75, 3.05) is 13.9 Å². The second-order valence-corrected chi connectivity index (χ2v) is 5.42. The van der Waals surface area contributed by atoms with E-state index in [2.05, 4.69) is 0 Å². The van der Waals surface area contributed by atoms with Crippen molar-refractivity contribution in [1.29, 1.82) is 0 Å². The van der Waals surface area contributed by atoms with Gasteiger partial charge in [0.2, 0.25) is 6.79 Å². The van der Waals surface area contributed by atoms with E-state index >= 15 is 0 Å². The van der Waals surface area contributed by atoms with Crippen LogP contribution in [0.3, 0.4) is 0 Å². The number of aromatic carboxylic acids is 1. The third-order valence-corrected chi connectivity index (χ3v) is 4.18. The SMILES string of the molecule is COc1cccc2c1cc([N+](=O)[O-])c1c(C(=O)O)cc3c(c12)OCO3.[Na+]. The number of methoxy groups -OCH3 is 1. The average Bonchev–Trinajstić information content (AvgIpc) is 3.07. The summed E-state index contributed by atoms with van der Waals surface area (Å²) in [5.74, 6) is -0.305. The van der Waals surface area contributed by atoms with Gasteiger partial charge in [-0.3, -0.25) is 10.1 Å². The molecular formula is C17H11NNaO7+. The number of benzene rings is 3. The van der Waals surface area contributed by atoms with E-state index < -0.39 is 10.9 Å². The van der Waals surface area contributed by atoms with Crippen LogP contribution in [0.25, 0.3) is 21.5 Å². The van der Waals surface area contributed by atoms with Crippen molar-refractivity contribution < 1.29 is 58.6 Å². The van der Waals surface area contributed by atoms with Gasteiger partial charge in [-0.05, 0) is 17.5 Å². The molecule has 0 saturated heterocycles. The minimum absolute atomic E-state index is 0. The van der Waals surface area contributed by atoms with Crippen LogP contribution in [0.1, 0.15) is 10.4 Å². The molecule has 0 aromatic heterocycles. The number of nitro benzene ring substituents is 1. The van der Waals surface area contributed by atoms with Crippen molar-refractivity contribution in [2.45, 2.75) is 0 Å². The number of nitro groups is 1. The molecule has 0 amide bonds. The zero-order valence-electron chi connectivity index (χ0n) is 13.9. The van der Waals surface area contributed by atoms with E-state index in [4.69, 9.17) is 14.2 Å². The van der Waals surface area contributed by atoms with E-state index in [1.165, 1.54) is 19.2 Å². The zero-order valence-corrected chi connectivity index (χ0v) is 15.9. The average molecular weight is 364 g/mol. The van der Waals surface area contributed by atoms with E-state index in [-0.39, 0.29) is 58.7 Å². The fourth-order valence-corrected chi connectivity index (χ4v) is 3.18. The molecule has 0 radical (unpaired) electrons. The van der Waals surface area contributed by atoms with Gasteiger partial charge in [0.15, 0.2) is 11.5 Å². The second kappa shape index (κ2) is 6.64. The van der Waals surface area contributed by atoms with Crippen molar-refractivity contribution >= 4 is 33.2 Å². The number of carbonyl (C=O) groups is 1. The van der Waals surface area contributed by atoms with Gasteiger partial charge in [0.25, 0.3) is 5.69 Å². The summed E-state index contributed by atoms with van der Waals surface area (Å²) >= 11 is 0. The number of rotatable bonds is 3. The maximum absolute atomic E-state index is 11.7. The maximum atomic E-state index is 11.7. The number of non-ortho nitro benzene ring substituents is 1. The number of carboxylic acid groups (broad SMARTS) is 1. The van der Waals surface area contributed by atoms with Gasteiger partial charge in [0, 0.05) is 16.8 Å². The molecule has 8 nitrogen and oxygen atoms in total. The number of nitrogens with zero attached hydrogens (tertiary/aromatic N) is 1. The van der Waals surface area contributed by atoms with Crippen LogP contribution in [-0.4, -0.2) is 29.9 Å². The van der Waals surface area contributed by atoms with Gasteiger partial charge in [0.1, 0.15) is 5.75 Å². The van der Waals surface area contributed by atoms with Crippen molar-refractivity contribution in [3.05, 3.63) is 46.0 Å². The van der Waals surface area contributed by atoms with Crippen LogP contribution in [0.2, 0.25) is 0 Å². The van der Waals surface area contributed by atoms with E-state index in [1.54, 1.807) is 18.2 Å². The second-order valence-electron chi connectivity index (χ2n) is 5.42. The molecule has 1 aliphatic rings. The number of ether oxygens (including phenoxy) is 3.